The van der Waals surface area contributed by atoms with Crippen molar-refractivity contribution in [3.05, 3.63) is 17.5 Å². The number of esters is 1. The molecule has 0 saturated carbocycles. The fourth-order valence-electron chi connectivity index (χ4n) is 2.46. The summed E-state index contributed by atoms with van der Waals surface area (Å²) in [5.74, 6) is -0.336. The molecule has 23 heavy (non-hydrogen) atoms. The number of pyridine rings is 1. The van der Waals surface area contributed by atoms with Crippen LogP contribution in [-0.4, -0.2) is 33.9 Å². The molecule has 0 aliphatic carbocycles. The fourth-order valence-corrected chi connectivity index (χ4v) is 2.46. The molecule has 0 aromatic carbocycles. The summed E-state index contributed by atoms with van der Waals surface area (Å²) < 4.78 is 7.03. The van der Waals surface area contributed by atoms with E-state index in [9.17, 15) is 4.79 Å². The second-order valence-corrected chi connectivity index (χ2v) is 5.15. The molecule has 128 valence electrons. The third-order valence-electron chi connectivity index (χ3n) is 3.58. The van der Waals surface area contributed by atoms with Crippen LogP contribution in [-0.2, 0) is 11.3 Å². The van der Waals surface area contributed by atoms with E-state index in [1.54, 1.807) is 13.1 Å². The van der Waals surface area contributed by atoms with Gasteiger partial charge in [-0.1, -0.05) is 13.3 Å². The number of rotatable bonds is 7. The van der Waals surface area contributed by atoms with E-state index in [1.807, 2.05) is 18.5 Å². The minimum Gasteiger partial charge on any atom is -0.462 e. The lowest BCUT2D eigenvalue weighted by molar-refractivity contribution is 0.0526. The minimum atomic E-state index is -0.336. The van der Waals surface area contributed by atoms with Crippen LogP contribution in [0.25, 0.3) is 11.0 Å². The van der Waals surface area contributed by atoms with E-state index >= 15 is 0 Å². The van der Waals surface area contributed by atoms with Crippen molar-refractivity contribution in [1.82, 2.24) is 14.8 Å². The van der Waals surface area contributed by atoms with Crippen LogP contribution in [0.1, 0.15) is 49.7 Å². The molecule has 0 unspecified atom stereocenters. The number of unbranched alkanes of at least 4 members (excludes halogenated alkanes) is 1. The molecular formula is C16H25ClN4O2. The lowest BCUT2D eigenvalue weighted by Crippen LogP contribution is -2.14. The maximum Gasteiger partial charge on any atom is 0.342 e. The van der Waals surface area contributed by atoms with Gasteiger partial charge in [0.15, 0.2) is 5.65 Å². The molecule has 2 aromatic rings. The Morgan fingerprint density at radius 3 is 2.70 bits per heavy atom. The van der Waals surface area contributed by atoms with E-state index in [0.717, 1.165) is 42.7 Å². The van der Waals surface area contributed by atoms with Gasteiger partial charge in [0.05, 0.1) is 29.6 Å². The Labute approximate surface area is 143 Å². The van der Waals surface area contributed by atoms with Crippen LogP contribution >= 0.6 is 12.4 Å². The second kappa shape index (κ2) is 8.72. The van der Waals surface area contributed by atoms with Crippen LogP contribution in [0.2, 0.25) is 0 Å². The summed E-state index contributed by atoms with van der Waals surface area (Å²) in [5, 5.41) is 8.60. The van der Waals surface area contributed by atoms with E-state index < -0.39 is 0 Å². The summed E-state index contributed by atoms with van der Waals surface area (Å²) in [5.41, 5.74) is 2.77. The summed E-state index contributed by atoms with van der Waals surface area (Å²) in [6.45, 7) is 9.69. The normalized spacial score (nSPS) is 10.4. The zero-order chi connectivity index (χ0) is 16.1. The first-order valence-corrected chi connectivity index (χ1v) is 7.91. The first-order valence-electron chi connectivity index (χ1n) is 7.91. The monoisotopic (exact) mass is 340 g/mol. The van der Waals surface area contributed by atoms with Crippen molar-refractivity contribution >= 4 is 35.1 Å². The SMILES string of the molecule is CCCCNc1c(C(=O)OCC)c(C)nc2c1cnn2CC.Cl. The topological polar surface area (TPSA) is 69.0 Å². The summed E-state index contributed by atoms with van der Waals surface area (Å²) >= 11 is 0. The van der Waals surface area contributed by atoms with Gasteiger partial charge in [-0.15, -0.1) is 12.4 Å². The molecule has 0 aliphatic rings. The van der Waals surface area contributed by atoms with Gasteiger partial charge in [0.25, 0.3) is 0 Å². The summed E-state index contributed by atoms with van der Waals surface area (Å²) in [7, 11) is 0. The number of fused-ring (bicyclic) bond motifs is 1. The Kier molecular flexibility index (Phi) is 7.29. The number of carbonyl (C=O) groups is 1. The molecule has 0 aliphatic heterocycles. The first kappa shape index (κ1) is 19.2. The Morgan fingerprint density at radius 2 is 2.09 bits per heavy atom. The predicted octanol–water partition coefficient (Wildman–Crippen LogP) is 3.57. The van der Waals surface area contributed by atoms with Crippen LogP contribution in [0.4, 0.5) is 5.69 Å². The average molecular weight is 341 g/mol. The molecule has 7 heteroatoms. The van der Waals surface area contributed by atoms with Crippen molar-refractivity contribution < 1.29 is 9.53 Å². The lowest BCUT2D eigenvalue weighted by Gasteiger charge is -2.14. The van der Waals surface area contributed by atoms with Gasteiger partial charge in [0.2, 0.25) is 0 Å². The molecule has 2 aromatic heterocycles. The second-order valence-electron chi connectivity index (χ2n) is 5.15. The van der Waals surface area contributed by atoms with Gasteiger partial charge in [0, 0.05) is 13.1 Å². The number of carbonyl (C=O) groups excluding carboxylic acids is 1. The maximum absolute atomic E-state index is 12.3. The molecule has 0 saturated heterocycles. The minimum absolute atomic E-state index is 0. The Hall–Kier alpha value is -1.82. The number of halogens is 1. The van der Waals surface area contributed by atoms with Crippen molar-refractivity contribution in [3.63, 3.8) is 0 Å². The molecule has 2 heterocycles. The Morgan fingerprint density at radius 1 is 1.35 bits per heavy atom. The third-order valence-corrected chi connectivity index (χ3v) is 3.58. The van der Waals surface area contributed by atoms with Gasteiger partial charge < -0.3 is 10.1 Å². The van der Waals surface area contributed by atoms with Crippen LogP contribution in [0.15, 0.2) is 6.20 Å². The van der Waals surface area contributed by atoms with E-state index in [1.165, 1.54) is 0 Å². The molecule has 0 radical (unpaired) electrons. The number of hydrogen-bond acceptors (Lipinski definition) is 5. The first-order chi connectivity index (χ1) is 10.6. The van der Waals surface area contributed by atoms with Crippen LogP contribution in [0.5, 0.6) is 0 Å². The number of hydrogen-bond donors (Lipinski definition) is 1. The molecule has 0 spiro atoms. The van der Waals surface area contributed by atoms with Crippen molar-refractivity contribution in [3.8, 4) is 0 Å². The molecule has 2 rings (SSSR count). The van der Waals surface area contributed by atoms with E-state index in [4.69, 9.17) is 4.74 Å². The van der Waals surface area contributed by atoms with Crippen LogP contribution < -0.4 is 5.32 Å². The Bertz CT molecular complexity index is 670. The molecule has 0 bridgehead atoms. The number of anilines is 1. The van der Waals surface area contributed by atoms with Crippen molar-refractivity contribution in [2.45, 2.75) is 47.1 Å². The lowest BCUT2D eigenvalue weighted by atomic mass is 10.1. The van der Waals surface area contributed by atoms with Crippen LogP contribution in [0, 0.1) is 6.92 Å². The maximum atomic E-state index is 12.3. The number of nitrogens with one attached hydrogen (secondary N) is 1. The van der Waals surface area contributed by atoms with Crippen molar-refractivity contribution in [2.24, 2.45) is 0 Å². The number of aromatic nitrogens is 3. The summed E-state index contributed by atoms with van der Waals surface area (Å²) in [6, 6.07) is 0. The van der Waals surface area contributed by atoms with Gasteiger partial charge in [0.1, 0.15) is 5.56 Å². The number of nitrogens with zero attached hydrogens (tertiary/aromatic N) is 3. The van der Waals surface area contributed by atoms with Crippen molar-refractivity contribution in [1.29, 1.82) is 0 Å². The average Bonchev–Trinajstić information content (AvgIpc) is 2.90. The third kappa shape index (κ3) is 3.93. The smallest absolute Gasteiger partial charge is 0.342 e. The standard InChI is InChI=1S/C16H24N4O2.ClH/c1-5-8-9-17-14-12-10-18-20(6-2)15(12)19-11(4)13(14)16(21)22-7-3;/h10H,5-9H2,1-4H3,(H,17,19);1H. The zero-order valence-corrected chi connectivity index (χ0v) is 15.0. The van der Waals surface area contributed by atoms with Gasteiger partial charge in [-0.3, -0.25) is 0 Å². The molecule has 0 fully saturated rings. The largest absolute Gasteiger partial charge is 0.462 e. The zero-order valence-electron chi connectivity index (χ0n) is 14.2. The highest BCUT2D eigenvalue weighted by Crippen LogP contribution is 2.29. The van der Waals surface area contributed by atoms with E-state index in [0.29, 0.717) is 17.9 Å². The molecule has 6 nitrogen and oxygen atoms in total. The van der Waals surface area contributed by atoms with E-state index in [-0.39, 0.29) is 18.4 Å². The molecular weight excluding hydrogens is 316 g/mol. The summed E-state index contributed by atoms with van der Waals surface area (Å²) in [4.78, 5) is 16.9. The van der Waals surface area contributed by atoms with Crippen molar-refractivity contribution in [2.75, 3.05) is 18.5 Å². The number of aryl methyl sites for hydroxylation is 2. The molecule has 1 N–H and O–H groups in total. The number of ether oxygens (including phenoxy) is 1. The summed E-state index contributed by atoms with van der Waals surface area (Å²) in [6.07, 6.45) is 3.89. The highest BCUT2D eigenvalue weighted by molar-refractivity contribution is 6.05. The molecule has 0 atom stereocenters. The predicted molar refractivity (Wildman–Crippen MR) is 94.5 cm³/mol. The molecule has 0 amide bonds. The van der Waals surface area contributed by atoms with Gasteiger partial charge in [-0.25, -0.2) is 14.5 Å². The van der Waals surface area contributed by atoms with Gasteiger partial charge in [-0.2, -0.15) is 5.10 Å². The van der Waals surface area contributed by atoms with Crippen LogP contribution in [0.3, 0.4) is 0 Å². The highest BCUT2D eigenvalue weighted by atomic mass is 35.5. The highest BCUT2D eigenvalue weighted by Gasteiger charge is 2.22. The van der Waals surface area contributed by atoms with E-state index in [2.05, 4.69) is 22.3 Å². The fraction of sp³-hybridized carbons (Fsp3) is 0.562. The van der Waals surface area contributed by atoms with Gasteiger partial charge >= 0.3 is 5.97 Å². The van der Waals surface area contributed by atoms with Gasteiger partial charge in [-0.05, 0) is 27.2 Å². The quantitative estimate of drug-likeness (QED) is 0.616. The Balaban J connectivity index is 0.00000264.